The molecule has 0 fully saturated rings. The fourth-order valence-corrected chi connectivity index (χ4v) is 6.26. The summed E-state index contributed by atoms with van der Waals surface area (Å²) < 4.78 is 4.77. The van der Waals surface area contributed by atoms with Crippen LogP contribution in [-0.2, 0) is 0 Å². The molecule has 0 aliphatic rings. The summed E-state index contributed by atoms with van der Waals surface area (Å²) in [5.41, 5.74) is 9.31. The van der Waals surface area contributed by atoms with E-state index >= 15 is 0 Å². The molecule has 0 atom stereocenters. The van der Waals surface area contributed by atoms with E-state index in [0.29, 0.717) is 0 Å². The van der Waals surface area contributed by atoms with Crippen LogP contribution in [0, 0.1) is 0 Å². The summed E-state index contributed by atoms with van der Waals surface area (Å²) in [6, 6.07) is 49.6. The van der Waals surface area contributed by atoms with Crippen LogP contribution in [0.5, 0.6) is 0 Å². The van der Waals surface area contributed by atoms with Gasteiger partial charge in [-0.05, 0) is 65.7 Å². The van der Waals surface area contributed by atoms with Gasteiger partial charge in [-0.1, -0.05) is 96.5 Å². The van der Waals surface area contributed by atoms with Gasteiger partial charge < -0.3 is 9.13 Å². The van der Waals surface area contributed by atoms with Crippen molar-refractivity contribution in [3.63, 3.8) is 0 Å². The van der Waals surface area contributed by atoms with Gasteiger partial charge in [0.2, 0.25) is 0 Å². The van der Waals surface area contributed by atoms with Crippen LogP contribution in [0.25, 0.3) is 66.1 Å². The smallest absolute Gasteiger partial charge is 0.0561 e. The molecule has 8 aromatic rings. The maximum absolute atomic E-state index is 6.33. The first-order valence-electron chi connectivity index (χ1n) is 13.1. The molecule has 0 aliphatic carbocycles. The lowest BCUT2D eigenvalue weighted by molar-refractivity contribution is 1.15. The Kier molecular flexibility index (Phi) is 4.91. The van der Waals surface area contributed by atoms with Crippen LogP contribution in [0.3, 0.4) is 0 Å². The van der Waals surface area contributed by atoms with Gasteiger partial charge in [-0.2, -0.15) is 0 Å². The lowest BCUT2D eigenvalue weighted by Crippen LogP contribution is -1.97. The topological polar surface area (TPSA) is 9.86 Å². The first kappa shape index (κ1) is 22.2. The van der Waals surface area contributed by atoms with Crippen LogP contribution < -0.4 is 0 Å². The Morgan fingerprint density at radius 3 is 1.46 bits per heavy atom. The second-order valence-electron chi connectivity index (χ2n) is 9.98. The summed E-state index contributed by atoms with van der Waals surface area (Å²) in [7, 11) is 0. The normalized spacial score (nSPS) is 11.7. The van der Waals surface area contributed by atoms with Crippen LogP contribution in [0.2, 0.25) is 5.02 Å². The van der Waals surface area contributed by atoms with Crippen molar-refractivity contribution in [1.82, 2.24) is 9.13 Å². The Labute approximate surface area is 230 Å². The third kappa shape index (κ3) is 3.42. The molecule has 0 bridgehead atoms. The minimum Gasteiger partial charge on any atom is -0.309 e. The van der Waals surface area contributed by atoms with Gasteiger partial charge in [0.25, 0.3) is 0 Å². The average Bonchev–Trinajstić information content (AvgIpc) is 3.50. The molecule has 0 N–H and O–H groups in total. The molecule has 0 saturated carbocycles. The quantitative estimate of drug-likeness (QED) is 0.220. The molecule has 0 radical (unpaired) electrons. The molecule has 2 nitrogen and oxygen atoms in total. The Bertz CT molecular complexity index is 2140. The summed E-state index contributed by atoms with van der Waals surface area (Å²) >= 11 is 6.33. The zero-order valence-corrected chi connectivity index (χ0v) is 21.8. The summed E-state index contributed by atoms with van der Waals surface area (Å²) in [6.45, 7) is 0. The van der Waals surface area contributed by atoms with Gasteiger partial charge >= 0.3 is 0 Å². The van der Waals surface area contributed by atoms with Crippen LogP contribution in [0.1, 0.15) is 0 Å². The molecule has 184 valence electrons. The van der Waals surface area contributed by atoms with E-state index in [9.17, 15) is 0 Å². The number of hydrogen-bond donors (Lipinski definition) is 0. The fraction of sp³-hybridized carbons (Fsp3) is 0. The number of para-hydroxylation sites is 3. The molecule has 0 unspecified atom stereocenters. The van der Waals surface area contributed by atoms with Crippen LogP contribution in [-0.4, -0.2) is 9.13 Å². The van der Waals surface area contributed by atoms with Gasteiger partial charge in [0.15, 0.2) is 0 Å². The Morgan fingerprint density at radius 1 is 0.359 bits per heavy atom. The number of aromatic nitrogens is 2. The van der Waals surface area contributed by atoms with E-state index in [1.165, 1.54) is 43.6 Å². The molecule has 8 rings (SSSR count). The van der Waals surface area contributed by atoms with Gasteiger partial charge in [0.05, 0.1) is 22.1 Å². The highest BCUT2D eigenvalue weighted by Crippen LogP contribution is 2.37. The molecule has 3 heteroatoms. The number of fused-ring (bicyclic) bond motifs is 6. The van der Waals surface area contributed by atoms with E-state index in [0.717, 1.165) is 27.5 Å². The Morgan fingerprint density at radius 2 is 0.846 bits per heavy atom. The molecule has 2 heterocycles. The number of hydrogen-bond acceptors (Lipinski definition) is 0. The third-order valence-corrected chi connectivity index (χ3v) is 7.99. The molecule has 0 spiro atoms. The van der Waals surface area contributed by atoms with Gasteiger partial charge in [0.1, 0.15) is 0 Å². The number of nitrogens with zero attached hydrogens (tertiary/aromatic N) is 2. The zero-order chi connectivity index (χ0) is 25.9. The van der Waals surface area contributed by atoms with Crippen molar-refractivity contribution in [3.05, 3.63) is 145 Å². The van der Waals surface area contributed by atoms with Crippen molar-refractivity contribution in [2.75, 3.05) is 0 Å². The van der Waals surface area contributed by atoms with Crippen LogP contribution >= 0.6 is 11.6 Å². The summed E-state index contributed by atoms with van der Waals surface area (Å²) in [5.74, 6) is 0. The molecule has 0 saturated heterocycles. The summed E-state index contributed by atoms with van der Waals surface area (Å²) in [5, 5.41) is 5.76. The predicted octanol–water partition coefficient (Wildman–Crippen LogP) is 10.2. The van der Waals surface area contributed by atoms with Gasteiger partial charge in [-0.25, -0.2) is 0 Å². The lowest BCUT2D eigenvalue weighted by Gasteiger charge is -2.12. The first-order valence-corrected chi connectivity index (χ1v) is 13.5. The van der Waals surface area contributed by atoms with E-state index in [4.69, 9.17) is 11.6 Å². The summed E-state index contributed by atoms with van der Waals surface area (Å²) in [6.07, 6.45) is 0. The van der Waals surface area contributed by atoms with Gasteiger partial charge in [-0.15, -0.1) is 0 Å². The first-order chi connectivity index (χ1) is 19.3. The summed E-state index contributed by atoms with van der Waals surface area (Å²) in [4.78, 5) is 0. The average molecular weight is 519 g/mol. The minimum absolute atomic E-state index is 0.741. The lowest BCUT2D eigenvalue weighted by atomic mass is 10.1. The number of rotatable bonds is 3. The molecule has 0 aliphatic heterocycles. The van der Waals surface area contributed by atoms with Crippen LogP contribution in [0.15, 0.2) is 140 Å². The largest absolute Gasteiger partial charge is 0.309 e. The maximum atomic E-state index is 6.33. The highest BCUT2D eigenvalue weighted by Gasteiger charge is 2.16. The zero-order valence-electron chi connectivity index (χ0n) is 21.1. The molecule has 6 aromatic carbocycles. The van der Waals surface area contributed by atoms with Crippen LogP contribution in [0.4, 0.5) is 0 Å². The highest BCUT2D eigenvalue weighted by molar-refractivity contribution is 6.30. The Hall–Kier alpha value is -4.79. The second kappa shape index (κ2) is 8.62. The van der Waals surface area contributed by atoms with E-state index in [1.807, 2.05) is 18.2 Å². The van der Waals surface area contributed by atoms with Gasteiger partial charge in [0, 0.05) is 37.9 Å². The van der Waals surface area contributed by atoms with E-state index in [1.54, 1.807) is 0 Å². The molecular weight excluding hydrogens is 496 g/mol. The molecule has 2 aromatic heterocycles. The van der Waals surface area contributed by atoms with Crippen molar-refractivity contribution < 1.29 is 0 Å². The molecule has 0 amide bonds. The maximum Gasteiger partial charge on any atom is 0.0561 e. The fourth-order valence-electron chi connectivity index (χ4n) is 6.07. The van der Waals surface area contributed by atoms with Crippen molar-refractivity contribution in [1.29, 1.82) is 0 Å². The monoisotopic (exact) mass is 518 g/mol. The molecular formula is C36H23ClN2. The van der Waals surface area contributed by atoms with E-state index in [2.05, 4.69) is 130 Å². The predicted molar refractivity (Wildman–Crippen MR) is 166 cm³/mol. The SMILES string of the molecule is Clc1cccc(-c2cccc(-n3c4ccccc4c4ccc(-n5c6ccccc6c6ccccc65)cc43)c2)c1. The van der Waals surface area contributed by atoms with E-state index in [-0.39, 0.29) is 0 Å². The van der Waals surface area contributed by atoms with Crippen molar-refractivity contribution in [2.45, 2.75) is 0 Å². The van der Waals surface area contributed by atoms with Crippen molar-refractivity contribution >= 4 is 55.2 Å². The van der Waals surface area contributed by atoms with E-state index < -0.39 is 0 Å². The minimum atomic E-state index is 0.741. The van der Waals surface area contributed by atoms with Crippen molar-refractivity contribution in [2.24, 2.45) is 0 Å². The standard InChI is InChI=1S/C36H23ClN2/c37-26-11-7-9-24(21-26)25-10-8-12-27(22-25)39-35-18-6-3-15-31(35)32-20-19-28(23-36(32)39)38-33-16-4-1-13-29(33)30-14-2-5-17-34(30)38/h1-23H. The second-order valence-corrected chi connectivity index (χ2v) is 10.4. The third-order valence-electron chi connectivity index (χ3n) is 7.76. The highest BCUT2D eigenvalue weighted by atomic mass is 35.5. The van der Waals surface area contributed by atoms with Gasteiger partial charge in [-0.3, -0.25) is 0 Å². The van der Waals surface area contributed by atoms with Crippen molar-refractivity contribution in [3.8, 4) is 22.5 Å². The number of halogens is 1. The Balaban J connectivity index is 1.42. The number of benzene rings is 6. The molecule has 39 heavy (non-hydrogen) atoms.